The van der Waals surface area contributed by atoms with Crippen LogP contribution in [0.25, 0.3) is 22.4 Å². The molecule has 1 N–H and O–H groups in total. The maximum Gasteiger partial charge on any atom is 0.219 e. The Labute approximate surface area is 175 Å². The number of aromatic amines is 1. The molecule has 1 saturated heterocycles. The average molecular weight is 406 g/mol. The largest absolute Gasteiger partial charge is 0.353 e. The van der Waals surface area contributed by atoms with E-state index in [2.05, 4.69) is 19.9 Å². The molecule has 0 aliphatic carbocycles. The SMILES string of the molecule is CC(=O)N1CCN(c2cc(-c3cnc4[nH]cc(C(=O)C(C)(C)C)c4n3)ccn2)CC1. The molecule has 3 aromatic heterocycles. The highest BCUT2D eigenvalue weighted by atomic mass is 16.2. The molecule has 1 fully saturated rings. The lowest BCUT2D eigenvalue weighted by molar-refractivity contribution is -0.129. The van der Waals surface area contributed by atoms with Gasteiger partial charge in [-0.05, 0) is 12.1 Å². The molecule has 0 unspecified atom stereocenters. The molecule has 4 heterocycles. The van der Waals surface area contributed by atoms with Crippen molar-refractivity contribution in [2.45, 2.75) is 27.7 Å². The molecule has 3 aromatic rings. The minimum Gasteiger partial charge on any atom is -0.353 e. The lowest BCUT2D eigenvalue weighted by Crippen LogP contribution is -2.48. The molecular formula is C22H26N6O2. The molecular weight excluding hydrogens is 380 g/mol. The zero-order valence-electron chi connectivity index (χ0n) is 17.8. The van der Waals surface area contributed by atoms with E-state index in [-0.39, 0.29) is 11.7 Å². The van der Waals surface area contributed by atoms with Crippen LogP contribution in [-0.2, 0) is 4.79 Å². The number of piperazine rings is 1. The van der Waals surface area contributed by atoms with Gasteiger partial charge in [0.1, 0.15) is 11.3 Å². The molecule has 0 aromatic carbocycles. The van der Waals surface area contributed by atoms with E-state index in [1.54, 1.807) is 25.5 Å². The van der Waals surface area contributed by atoms with Crippen molar-refractivity contribution in [1.29, 1.82) is 0 Å². The van der Waals surface area contributed by atoms with Gasteiger partial charge in [-0.3, -0.25) is 9.59 Å². The second kappa shape index (κ2) is 7.51. The summed E-state index contributed by atoms with van der Waals surface area (Å²) >= 11 is 0. The first-order chi connectivity index (χ1) is 14.2. The second-order valence-electron chi connectivity index (χ2n) is 8.63. The molecule has 8 heteroatoms. The van der Waals surface area contributed by atoms with Crippen LogP contribution in [0.1, 0.15) is 38.1 Å². The lowest BCUT2D eigenvalue weighted by atomic mass is 9.87. The van der Waals surface area contributed by atoms with Gasteiger partial charge >= 0.3 is 0 Å². The van der Waals surface area contributed by atoms with E-state index in [1.165, 1.54) is 0 Å². The number of nitrogens with zero attached hydrogens (tertiary/aromatic N) is 5. The number of carbonyl (C=O) groups excluding carboxylic acids is 2. The van der Waals surface area contributed by atoms with Gasteiger partial charge < -0.3 is 14.8 Å². The minimum atomic E-state index is -0.501. The Bertz CT molecular complexity index is 1110. The van der Waals surface area contributed by atoms with Gasteiger partial charge in [0, 0.05) is 56.5 Å². The standard InChI is InChI=1S/C22H26N6O2/c1-14(29)27-7-9-28(10-8-27)18-11-15(5-6-23-18)17-13-25-21-19(26-17)16(12-24-21)20(30)22(2,3)4/h5-6,11-13H,7-10H2,1-4H3,(H,24,25). The fourth-order valence-corrected chi connectivity index (χ4v) is 3.61. The highest BCUT2D eigenvalue weighted by molar-refractivity contribution is 6.08. The number of nitrogens with one attached hydrogen (secondary N) is 1. The van der Waals surface area contributed by atoms with Crippen molar-refractivity contribution in [2.24, 2.45) is 5.41 Å². The van der Waals surface area contributed by atoms with Gasteiger partial charge in [0.25, 0.3) is 0 Å². The summed E-state index contributed by atoms with van der Waals surface area (Å²) in [6.45, 7) is 10.1. The van der Waals surface area contributed by atoms with Crippen molar-refractivity contribution in [3.8, 4) is 11.3 Å². The van der Waals surface area contributed by atoms with Crippen LogP contribution in [0.4, 0.5) is 5.82 Å². The molecule has 0 atom stereocenters. The van der Waals surface area contributed by atoms with Crippen LogP contribution in [-0.4, -0.2) is 62.7 Å². The zero-order chi connectivity index (χ0) is 21.5. The Morgan fingerprint density at radius 2 is 1.83 bits per heavy atom. The molecule has 156 valence electrons. The zero-order valence-corrected chi connectivity index (χ0v) is 17.8. The number of ketones is 1. The maximum atomic E-state index is 12.8. The number of hydrogen-bond acceptors (Lipinski definition) is 6. The van der Waals surface area contributed by atoms with E-state index in [9.17, 15) is 9.59 Å². The van der Waals surface area contributed by atoms with Gasteiger partial charge in [-0.2, -0.15) is 0 Å². The van der Waals surface area contributed by atoms with Gasteiger partial charge in [0.15, 0.2) is 11.4 Å². The molecule has 0 saturated carbocycles. The smallest absolute Gasteiger partial charge is 0.219 e. The first-order valence-corrected chi connectivity index (χ1v) is 10.1. The molecule has 8 nitrogen and oxygen atoms in total. The van der Waals surface area contributed by atoms with Crippen LogP contribution in [0, 0.1) is 5.41 Å². The predicted octanol–water partition coefficient (Wildman–Crippen LogP) is 2.92. The summed E-state index contributed by atoms with van der Waals surface area (Å²) in [5.74, 6) is 0.976. The average Bonchev–Trinajstić information content (AvgIpc) is 3.15. The number of amides is 1. The summed E-state index contributed by atoms with van der Waals surface area (Å²) in [5, 5.41) is 0. The van der Waals surface area contributed by atoms with Crippen LogP contribution in [0.3, 0.4) is 0 Å². The first-order valence-electron chi connectivity index (χ1n) is 10.1. The van der Waals surface area contributed by atoms with Crippen molar-refractivity contribution in [1.82, 2.24) is 24.8 Å². The molecule has 1 aliphatic heterocycles. The van der Waals surface area contributed by atoms with Crippen molar-refractivity contribution >= 4 is 28.7 Å². The Morgan fingerprint density at radius 3 is 2.50 bits per heavy atom. The van der Waals surface area contributed by atoms with E-state index in [4.69, 9.17) is 4.98 Å². The predicted molar refractivity (Wildman–Crippen MR) is 115 cm³/mol. The fraction of sp³-hybridized carbons (Fsp3) is 0.409. The number of fused-ring (bicyclic) bond motifs is 1. The maximum absolute atomic E-state index is 12.8. The van der Waals surface area contributed by atoms with Crippen molar-refractivity contribution in [2.75, 3.05) is 31.1 Å². The third kappa shape index (κ3) is 3.77. The number of carbonyl (C=O) groups is 2. The van der Waals surface area contributed by atoms with E-state index >= 15 is 0 Å². The Balaban J connectivity index is 1.64. The molecule has 1 aliphatic rings. The van der Waals surface area contributed by atoms with Gasteiger partial charge in [0.05, 0.1) is 17.5 Å². The van der Waals surface area contributed by atoms with Crippen LogP contribution < -0.4 is 4.90 Å². The Morgan fingerprint density at radius 1 is 1.10 bits per heavy atom. The van der Waals surface area contributed by atoms with Gasteiger partial charge in [-0.15, -0.1) is 0 Å². The van der Waals surface area contributed by atoms with Crippen molar-refractivity contribution in [3.05, 3.63) is 36.3 Å². The molecule has 1 amide bonds. The summed E-state index contributed by atoms with van der Waals surface area (Å²) < 4.78 is 0. The van der Waals surface area contributed by atoms with Crippen LogP contribution >= 0.6 is 0 Å². The first kappa shape index (κ1) is 20.0. The fourth-order valence-electron chi connectivity index (χ4n) is 3.61. The number of H-pyrrole nitrogens is 1. The van der Waals surface area contributed by atoms with Crippen LogP contribution in [0.5, 0.6) is 0 Å². The van der Waals surface area contributed by atoms with Gasteiger partial charge in [-0.25, -0.2) is 15.0 Å². The number of pyridine rings is 1. The Hall–Kier alpha value is -3.29. The second-order valence-corrected chi connectivity index (χ2v) is 8.63. The third-order valence-electron chi connectivity index (χ3n) is 5.40. The van der Waals surface area contributed by atoms with E-state index in [1.807, 2.05) is 37.8 Å². The number of anilines is 1. The summed E-state index contributed by atoms with van der Waals surface area (Å²) in [7, 11) is 0. The van der Waals surface area contributed by atoms with Crippen molar-refractivity contribution < 1.29 is 9.59 Å². The highest BCUT2D eigenvalue weighted by Gasteiger charge is 2.26. The number of Topliss-reactive ketones (excluding diaryl/α,β-unsaturated/α-hetero) is 1. The summed E-state index contributed by atoms with van der Waals surface area (Å²) in [6, 6.07) is 3.88. The minimum absolute atomic E-state index is 0.0268. The number of hydrogen-bond donors (Lipinski definition) is 1. The lowest BCUT2D eigenvalue weighted by Gasteiger charge is -2.35. The molecule has 0 radical (unpaired) electrons. The van der Waals surface area contributed by atoms with Crippen LogP contribution in [0.2, 0.25) is 0 Å². The highest BCUT2D eigenvalue weighted by Crippen LogP contribution is 2.28. The molecule has 4 rings (SSSR count). The van der Waals surface area contributed by atoms with E-state index < -0.39 is 5.41 Å². The number of aromatic nitrogens is 4. The summed E-state index contributed by atoms with van der Waals surface area (Å²) in [4.78, 5) is 45.1. The third-order valence-corrected chi connectivity index (χ3v) is 5.40. The topological polar surface area (TPSA) is 95.1 Å². The van der Waals surface area contributed by atoms with E-state index in [0.717, 1.165) is 24.5 Å². The van der Waals surface area contributed by atoms with Gasteiger partial charge in [-0.1, -0.05) is 20.8 Å². The number of rotatable bonds is 3. The Kier molecular flexibility index (Phi) is 5.01. The normalized spacial score (nSPS) is 14.9. The molecule has 30 heavy (non-hydrogen) atoms. The van der Waals surface area contributed by atoms with Crippen molar-refractivity contribution in [3.63, 3.8) is 0 Å². The quantitative estimate of drug-likeness (QED) is 0.672. The molecule has 0 spiro atoms. The van der Waals surface area contributed by atoms with E-state index in [0.29, 0.717) is 35.5 Å². The summed E-state index contributed by atoms with van der Waals surface area (Å²) in [5.41, 5.74) is 2.82. The molecule has 0 bridgehead atoms. The summed E-state index contributed by atoms with van der Waals surface area (Å²) in [6.07, 6.45) is 5.15. The monoisotopic (exact) mass is 406 g/mol. The van der Waals surface area contributed by atoms with Gasteiger partial charge in [0.2, 0.25) is 5.91 Å². The van der Waals surface area contributed by atoms with Crippen LogP contribution in [0.15, 0.2) is 30.7 Å².